The normalized spacial score (nSPS) is 14.1. The van der Waals surface area contributed by atoms with E-state index in [1.165, 1.54) is 11.1 Å². The van der Waals surface area contributed by atoms with Crippen molar-refractivity contribution >= 4 is 0 Å². The van der Waals surface area contributed by atoms with E-state index >= 15 is 0 Å². The van der Waals surface area contributed by atoms with Gasteiger partial charge in [0, 0.05) is 64.5 Å². The van der Waals surface area contributed by atoms with Gasteiger partial charge in [-0.1, -0.05) is 60.7 Å². The number of hydrogen-bond acceptors (Lipinski definition) is 6. The molecule has 0 heterocycles. The summed E-state index contributed by atoms with van der Waals surface area (Å²) in [7, 11) is 0. The van der Waals surface area contributed by atoms with E-state index < -0.39 is 22.4 Å². The molecule has 0 bridgehead atoms. The smallest absolute Gasteiger partial charge is 0.0603 e. The Morgan fingerprint density at radius 2 is 0.674 bits per heavy atom. The first-order valence-electron chi connectivity index (χ1n) is 15.6. The molecule has 2 atom stereocenters. The summed E-state index contributed by atoms with van der Waals surface area (Å²) in [6, 6.07) is 21.3. The van der Waals surface area contributed by atoms with Crippen molar-refractivity contribution in [3.8, 4) is 0 Å². The van der Waals surface area contributed by atoms with Crippen molar-refractivity contribution in [1.29, 1.82) is 0 Å². The van der Waals surface area contributed by atoms with Crippen molar-refractivity contribution in [2.24, 2.45) is 0 Å². The van der Waals surface area contributed by atoms with Crippen molar-refractivity contribution in [3.63, 3.8) is 0 Å². The summed E-state index contributed by atoms with van der Waals surface area (Å²) in [6.07, 6.45) is 2.87. The van der Waals surface area contributed by atoms with Crippen LogP contribution in [0, 0.1) is 0 Å². The van der Waals surface area contributed by atoms with E-state index in [2.05, 4.69) is 72.2 Å². The van der Waals surface area contributed by atoms with Gasteiger partial charge in [0.25, 0.3) is 0 Å². The second-order valence-electron chi connectivity index (χ2n) is 14.5. The molecule has 244 valence electrons. The molecule has 43 heavy (non-hydrogen) atoms. The van der Waals surface area contributed by atoms with Crippen LogP contribution in [-0.2, 0) is 26.2 Å². The Morgan fingerprint density at radius 3 is 0.860 bits per heavy atom. The molecule has 0 saturated heterocycles. The third kappa shape index (κ3) is 20.7. The van der Waals surface area contributed by atoms with Crippen molar-refractivity contribution in [1.82, 2.24) is 9.80 Å². The van der Waals surface area contributed by atoms with Gasteiger partial charge >= 0.3 is 0 Å². The Hall–Kier alpha value is -0.917. The number of hydrogen-bond donors (Lipinski definition) is 4. The van der Waals surface area contributed by atoms with Crippen LogP contribution in [0.3, 0.4) is 0 Å². The molecule has 0 amide bonds. The van der Waals surface area contributed by atoms with Gasteiger partial charge in [-0.2, -0.15) is 0 Å². The van der Waals surface area contributed by atoms with E-state index in [9.17, 15) is 20.4 Å². The summed E-state index contributed by atoms with van der Waals surface area (Å²) in [5.41, 5.74) is -0.118. The molecule has 0 radical (unpaired) electrons. The number of aliphatic hydroxyl groups is 4. The van der Waals surface area contributed by atoms with Crippen LogP contribution < -0.4 is 0 Å². The average Bonchev–Trinajstić information content (AvgIpc) is 2.87. The van der Waals surface area contributed by atoms with Gasteiger partial charge in [0.2, 0.25) is 0 Å². The summed E-state index contributed by atoms with van der Waals surface area (Å²) in [5, 5.41) is 39.9. The molecule has 0 aromatic heterocycles. The zero-order valence-electron chi connectivity index (χ0n) is 28.8. The van der Waals surface area contributed by atoms with Crippen molar-refractivity contribution in [2.75, 3.05) is 26.2 Å². The van der Waals surface area contributed by atoms with Gasteiger partial charge in [0.15, 0.2) is 0 Å². The topological polar surface area (TPSA) is 87.4 Å². The van der Waals surface area contributed by atoms with Crippen molar-refractivity contribution < 1.29 is 46.6 Å². The molecule has 4 N–H and O–H groups in total. The quantitative estimate of drug-likeness (QED) is 0.158. The minimum absolute atomic E-state index is 0. The predicted octanol–water partition coefficient (Wildman–Crippen LogP) is 6.74. The van der Waals surface area contributed by atoms with Gasteiger partial charge in [-0.15, -0.1) is 0 Å². The van der Waals surface area contributed by atoms with E-state index in [1.54, 1.807) is 0 Å². The van der Waals surface area contributed by atoms with Gasteiger partial charge in [0.05, 0.1) is 22.4 Å². The molecule has 0 fully saturated rings. The molecule has 0 spiro atoms. The van der Waals surface area contributed by atoms with Gasteiger partial charge in [-0.25, -0.2) is 0 Å². The van der Waals surface area contributed by atoms with Crippen LogP contribution in [0.5, 0.6) is 0 Å². The standard InChI is InChI=1S/2C18H31NO2.Zr/c2*1-15(16-9-7-6-8-10-16)19(13-11-17(2,3)20)14-12-18(4,5)21;/h2*6-10,15,20-21H,11-14H2,1-5H3;/t2*15-;/m00./s1. The molecule has 0 unspecified atom stereocenters. The Bertz CT molecular complexity index is 859. The SMILES string of the molecule is C[C@@H](c1ccccc1)N(CCC(C)(C)O)CCC(C)(C)O.C[C@@H](c1ccccc1)N(CCC(C)(C)O)CCC(C)(C)O.[Zr]. The molecule has 2 aromatic carbocycles. The average molecular weight is 678 g/mol. The van der Waals surface area contributed by atoms with E-state index in [1.807, 2.05) is 67.5 Å². The van der Waals surface area contributed by atoms with E-state index in [-0.39, 0.29) is 38.3 Å². The molecule has 2 rings (SSSR count). The largest absolute Gasteiger partial charge is 0.390 e. The van der Waals surface area contributed by atoms with Gasteiger partial charge < -0.3 is 20.4 Å². The van der Waals surface area contributed by atoms with E-state index in [0.717, 1.165) is 51.9 Å². The summed E-state index contributed by atoms with van der Waals surface area (Å²) >= 11 is 0. The van der Waals surface area contributed by atoms with Gasteiger partial charge in [0.1, 0.15) is 0 Å². The Balaban J connectivity index is 0.000000802. The molecule has 0 aliphatic rings. The second kappa shape index (κ2) is 18.9. The van der Waals surface area contributed by atoms with Crippen LogP contribution in [0.4, 0.5) is 0 Å². The fraction of sp³-hybridized carbons (Fsp3) is 0.667. The zero-order chi connectivity index (χ0) is 32.2. The minimum Gasteiger partial charge on any atom is -0.390 e. The number of nitrogens with zero attached hydrogens (tertiary/aromatic N) is 2. The molecule has 7 heteroatoms. The maximum atomic E-state index is 9.97. The van der Waals surface area contributed by atoms with Crippen LogP contribution in [0.2, 0.25) is 0 Å². The summed E-state index contributed by atoms with van der Waals surface area (Å²) in [6.45, 7) is 22.4. The molecule has 6 nitrogen and oxygen atoms in total. The number of benzene rings is 2. The summed E-state index contributed by atoms with van der Waals surface area (Å²) in [5.74, 6) is 0. The van der Waals surface area contributed by atoms with Crippen LogP contribution in [0.1, 0.15) is 118 Å². The molecular formula is C36H62N2O4Zr. The zero-order valence-corrected chi connectivity index (χ0v) is 31.2. The molecule has 0 saturated carbocycles. The first-order valence-corrected chi connectivity index (χ1v) is 15.6. The van der Waals surface area contributed by atoms with Crippen molar-refractivity contribution in [3.05, 3.63) is 71.8 Å². The van der Waals surface area contributed by atoms with E-state index in [0.29, 0.717) is 0 Å². The number of rotatable bonds is 16. The fourth-order valence-electron chi connectivity index (χ4n) is 4.55. The molecule has 2 aromatic rings. The Labute approximate surface area is 282 Å². The maximum Gasteiger partial charge on any atom is 0.0603 e. The Kier molecular flexibility index (Phi) is 18.5. The Morgan fingerprint density at radius 1 is 0.465 bits per heavy atom. The van der Waals surface area contributed by atoms with Gasteiger partial charge in [-0.05, 0) is 106 Å². The molecule has 0 aliphatic heterocycles. The first-order chi connectivity index (χ1) is 19.2. The van der Waals surface area contributed by atoms with Crippen LogP contribution >= 0.6 is 0 Å². The second-order valence-corrected chi connectivity index (χ2v) is 14.5. The van der Waals surface area contributed by atoms with Crippen molar-refractivity contribution in [2.45, 2.75) is 129 Å². The maximum absolute atomic E-state index is 9.97. The predicted molar refractivity (Wildman–Crippen MR) is 177 cm³/mol. The monoisotopic (exact) mass is 676 g/mol. The minimum atomic E-state index is -0.663. The van der Waals surface area contributed by atoms with E-state index in [4.69, 9.17) is 0 Å². The van der Waals surface area contributed by atoms with Crippen LogP contribution in [0.15, 0.2) is 60.7 Å². The fourth-order valence-corrected chi connectivity index (χ4v) is 4.55. The van der Waals surface area contributed by atoms with Crippen LogP contribution in [-0.4, -0.2) is 78.8 Å². The van der Waals surface area contributed by atoms with Crippen LogP contribution in [0.25, 0.3) is 0 Å². The molecular weight excluding hydrogens is 616 g/mol. The first kappa shape index (κ1) is 42.1. The third-order valence-electron chi connectivity index (χ3n) is 7.70. The summed E-state index contributed by atoms with van der Waals surface area (Å²) < 4.78 is 0. The third-order valence-corrected chi connectivity index (χ3v) is 7.70. The molecule has 0 aliphatic carbocycles. The summed E-state index contributed by atoms with van der Waals surface area (Å²) in [4.78, 5) is 4.68. The van der Waals surface area contributed by atoms with Gasteiger partial charge in [-0.3, -0.25) is 9.80 Å².